The van der Waals surface area contributed by atoms with E-state index in [9.17, 15) is 46.0 Å². The van der Waals surface area contributed by atoms with Crippen molar-refractivity contribution in [3.63, 3.8) is 0 Å². The SMILES string of the molecule is CC(C)=CC(CC(C)C1CCC2(C)C3C(OC4OC(CO)C(O)C(O)C4O)C=C4C(CCC(O)C4(C)C)C3(C)CCC12C)OC1OC(CO)C(O)C(O)C1O. The van der Waals surface area contributed by atoms with Crippen molar-refractivity contribution in [1.29, 1.82) is 0 Å². The van der Waals surface area contributed by atoms with Crippen LogP contribution < -0.4 is 0 Å². The molecule has 0 aromatic heterocycles. The average molecular weight is 783 g/mol. The van der Waals surface area contributed by atoms with Gasteiger partial charge in [0, 0.05) is 11.3 Å². The van der Waals surface area contributed by atoms with E-state index in [4.69, 9.17) is 18.9 Å². The van der Waals surface area contributed by atoms with Gasteiger partial charge in [-0.3, -0.25) is 0 Å². The second-order valence-electron chi connectivity index (χ2n) is 19.6. The summed E-state index contributed by atoms with van der Waals surface area (Å²) < 4.78 is 24.9. The van der Waals surface area contributed by atoms with Crippen LogP contribution in [0.5, 0.6) is 0 Å². The summed E-state index contributed by atoms with van der Waals surface area (Å²) in [4.78, 5) is 0. The fraction of sp³-hybridized carbons (Fsp3) is 0.905. The van der Waals surface area contributed by atoms with Gasteiger partial charge in [-0.05, 0) is 92.8 Å². The number of aliphatic hydroxyl groups is 9. The van der Waals surface area contributed by atoms with E-state index in [1.54, 1.807) is 0 Å². The predicted molar refractivity (Wildman–Crippen MR) is 201 cm³/mol. The summed E-state index contributed by atoms with van der Waals surface area (Å²) in [6, 6.07) is 0. The van der Waals surface area contributed by atoms with E-state index in [0.717, 1.165) is 43.3 Å². The smallest absolute Gasteiger partial charge is 0.187 e. The number of hydrogen-bond acceptors (Lipinski definition) is 13. The highest BCUT2D eigenvalue weighted by atomic mass is 16.7. The lowest BCUT2D eigenvalue weighted by molar-refractivity contribution is -0.322. The molecule has 20 atom stereocenters. The van der Waals surface area contributed by atoms with Gasteiger partial charge in [0.05, 0.1) is 31.5 Å². The lowest BCUT2D eigenvalue weighted by atomic mass is 9.38. The maximum Gasteiger partial charge on any atom is 0.187 e. The first kappa shape index (κ1) is 43.5. The first-order valence-electron chi connectivity index (χ1n) is 20.6. The molecule has 5 fully saturated rings. The summed E-state index contributed by atoms with van der Waals surface area (Å²) in [5.41, 5.74) is 0.985. The van der Waals surface area contributed by atoms with E-state index >= 15 is 0 Å². The van der Waals surface area contributed by atoms with Crippen molar-refractivity contribution in [3.05, 3.63) is 23.3 Å². The van der Waals surface area contributed by atoms with Crippen LogP contribution in [0.3, 0.4) is 0 Å². The van der Waals surface area contributed by atoms with Crippen LogP contribution in [-0.2, 0) is 18.9 Å². The molecule has 9 N–H and O–H groups in total. The van der Waals surface area contributed by atoms with Gasteiger partial charge in [-0.2, -0.15) is 0 Å². The minimum Gasteiger partial charge on any atom is -0.394 e. The second kappa shape index (κ2) is 15.9. The third-order valence-corrected chi connectivity index (χ3v) is 15.9. The highest BCUT2D eigenvalue weighted by Crippen LogP contribution is 2.75. The van der Waals surface area contributed by atoms with Gasteiger partial charge in [0.25, 0.3) is 0 Å². The number of aliphatic hydroxyl groups excluding tert-OH is 9. The highest BCUT2D eigenvalue weighted by Gasteiger charge is 2.70. The van der Waals surface area contributed by atoms with Crippen molar-refractivity contribution in [2.75, 3.05) is 13.2 Å². The monoisotopic (exact) mass is 782 g/mol. The van der Waals surface area contributed by atoms with E-state index in [0.29, 0.717) is 12.8 Å². The van der Waals surface area contributed by atoms with Crippen molar-refractivity contribution in [2.45, 2.75) is 180 Å². The standard InChI is InChI=1S/C42H70O13/c1-20(2)15-22(52-37-34(50)32(48)30(46)27(18-43)54-37)16-21(3)23-11-12-42(8)36-26(53-38-35(51)33(49)31(47)28(19-44)55-38)17-25-24(9-10-29(45)39(25,4)5)40(36,6)13-14-41(23,42)7/h15,17,21-24,26-38,43-51H,9-14,16,18-19H2,1-8H3. The summed E-state index contributed by atoms with van der Waals surface area (Å²) in [7, 11) is 0. The third kappa shape index (κ3) is 7.23. The van der Waals surface area contributed by atoms with Crippen molar-refractivity contribution in [1.82, 2.24) is 0 Å². The minimum atomic E-state index is -1.57. The second-order valence-corrected chi connectivity index (χ2v) is 19.6. The van der Waals surface area contributed by atoms with Gasteiger partial charge in [-0.1, -0.05) is 64.8 Å². The number of fused-ring (bicyclic) bond motifs is 5. The Hall–Kier alpha value is -1.04. The summed E-state index contributed by atoms with van der Waals surface area (Å²) in [6.07, 6.45) is -5.37. The molecule has 0 aromatic carbocycles. The Morgan fingerprint density at radius 1 is 0.764 bits per heavy atom. The predicted octanol–water partition coefficient (Wildman–Crippen LogP) is 1.93. The number of rotatable bonds is 10. The first-order chi connectivity index (χ1) is 25.7. The van der Waals surface area contributed by atoms with Gasteiger partial charge in [0.15, 0.2) is 12.6 Å². The van der Waals surface area contributed by atoms with Crippen LogP contribution in [0.25, 0.3) is 0 Å². The topological polar surface area (TPSA) is 219 Å². The number of allylic oxidation sites excluding steroid dienone is 1. The number of hydrogen-bond donors (Lipinski definition) is 9. The molecule has 13 nitrogen and oxygen atoms in total. The zero-order valence-corrected chi connectivity index (χ0v) is 34.0. The van der Waals surface area contributed by atoms with Gasteiger partial charge < -0.3 is 64.9 Å². The Balaban J connectivity index is 1.32. The average Bonchev–Trinajstić information content (AvgIpc) is 3.40. The molecule has 20 unspecified atom stereocenters. The Bertz CT molecular complexity index is 1410. The van der Waals surface area contributed by atoms with Gasteiger partial charge in [-0.15, -0.1) is 0 Å². The highest BCUT2D eigenvalue weighted by molar-refractivity contribution is 5.33. The van der Waals surface area contributed by atoms with Gasteiger partial charge in [0.1, 0.15) is 48.8 Å². The molecular weight excluding hydrogens is 712 g/mol. The third-order valence-electron chi connectivity index (χ3n) is 15.9. The minimum absolute atomic E-state index is 0.0398. The molecule has 316 valence electrons. The Kier molecular flexibility index (Phi) is 12.6. The fourth-order valence-electron chi connectivity index (χ4n) is 12.6. The lowest BCUT2D eigenvalue weighted by Crippen LogP contribution is -2.65. The van der Waals surface area contributed by atoms with Crippen LogP contribution in [0.2, 0.25) is 0 Å². The van der Waals surface area contributed by atoms with Crippen molar-refractivity contribution in [2.24, 2.45) is 45.3 Å². The number of ether oxygens (including phenoxy) is 4. The van der Waals surface area contributed by atoms with Crippen LogP contribution in [0.4, 0.5) is 0 Å². The van der Waals surface area contributed by atoms with Gasteiger partial charge in [0.2, 0.25) is 0 Å². The van der Waals surface area contributed by atoms with Crippen molar-refractivity contribution in [3.8, 4) is 0 Å². The van der Waals surface area contributed by atoms with Crippen molar-refractivity contribution < 1.29 is 64.9 Å². The largest absolute Gasteiger partial charge is 0.394 e. The molecule has 0 radical (unpaired) electrons. The zero-order chi connectivity index (χ0) is 40.6. The van der Waals surface area contributed by atoms with Crippen LogP contribution in [0.1, 0.15) is 100 Å². The molecule has 0 spiro atoms. The molecule has 3 saturated carbocycles. The molecule has 13 heteroatoms. The van der Waals surface area contributed by atoms with Crippen LogP contribution >= 0.6 is 0 Å². The molecular formula is C42H70O13. The Morgan fingerprint density at radius 3 is 1.93 bits per heavy atom. The molecule has 0 amide bonds. The molecule has 2 aliphatic heterocycles. The van der Waals surface area contributed by atoms with Gasteiger partial charge >= 0.3 is 0 Å². The van der Waals surface area contributed by atoms with Crippen LogP contribution in [0.15, 0.2) is 23.3 Å². The summed E-state index contributed by atoms with van der Waals surface area (Å²) in [5.74, 6) is 0.570. The van der Waals surface area contributed by atoms with E-state index in [-0.39, 0.29) is 39.9 Å². The molecule has 4 aliphatic carbocycles. The zero-order valence-electron chi connectivity index (χ0n) is 34.0. The summed E-state index contributed by atoms with van der Waals surface area (Å²) in [6.45, 7) is 16.4. The summed E-state index contributed by atoms with van der Waals surface area (Å²) >= 11 is 0. The van der Waals surface area contributed by atoms with E-state index in [1.165, 1.54) is 0 Å². The summed E-state index contributed by atoms with van der Waals surface area (Å²) in [5, 5.41) is 95.0. The van der Waals surface area contributed by atoms with Crippen LogP contribution in [0, 0.1) is 45.3 Å². The molecule has 6 rings (SSSR count). The van der Waals surface area contributed by atoms with Crippen molar-refractivity contribution >= 4 is 0 Å². The maximum absolute atomic E-state index is 11.3. The molecule has 2 saturated heterocycles. The fourth-order valence-corrected chi connectivity index (χ4v) is 12.6. The molecule has 0 bridgehead atoms. The molecule has 2 heterocycles. The normalized spacial score (nSPS) is 50.6. The Morgan fingerprint density at radius 2 is 1.35 bits per heavy atom. The molecule has 0 aromatic rings. The maximum atomic E-state index is 11.3. The van der Waals surface area contributed by atoms with Crippen LogP contribution in [-0.4, -0.2) is 139 Å². The Labute approximate surface area is 326 Å². The van der Waals surface area contributed by atoms with E-state index in [1.807, 2.05) is 19.9 Å². The van der Waals surface area contributed by atoms with Gasteiger partial charge in [-0.25, -0.2) is 0 Å². The van der Waals surface area contributed by atoms with E-state index < -0.39 is 98.4 Å². The first-order valence-corrected chi connectivity index (χ1v) is 20.6. The lowest BCUT2D eigenvalue weighted by Gasteiger charge is -2.67. The molecule has 55 heavy (non-hydrogen) atoms. The molecule has 6 aliphatic rings. The quantitative estimate of drug-likeness (QED) is 0.145. The van der Waals surface area contributed by atoms with E-state index in [2.05, 4.69) is 47.6 Å².